The van der Waals surface area contributed by atoms with Crippen LogP contribution < -0.4 is 10.9 Å². The van der Waals surface area contributed by atoms with Crippen molar-refractivity contribution in [3.05, 3.63) is 28.0 Å². The molecule has 0 bridgehead atoms. The predicted molar refractivity (Wildman–Crippen MR) is 69.4 cm³/mol. The number of nitrogens with zero attached hydrogens (tertiary/aromatic N) is 1. The molecule has 0 saturated carbocycles. The predicted octanol–water partition coefficient (Wildman–Crippen LogP) is 1.75. The van der Waals surface area contributed by atoms with E-state index in [0.717, 1.165) is 4.83 Å². The number of fused-ring (bicyclic) bond motifs is 1. The highest BCUT2D eigenvalue weighted by Gasteiger charge is 2.16. The molecule has 2 N–H and O–H groups in total. The lowest BCUT2D eigenvalue weighted by Gasteiger charge is -2.05. The molecule has 2 rings (SSSR count). The zero-order chi connectivity index (χ0) is 13.3. The molecule has 0 radical (unpaired) electrons. The fraction of sp³-hybridized carbons (Fsp3) is 0.273. The first-order valence-electron chi connectivity index (χ1n) is 5.27. The van der Waals surface area contributed by atoms with Crippen molar-refractivity contribution in [2.75, 3.05) is 12.6 Å². The van der Waals surface area contributed by atoms with E-state index in [9.17, 15) is 9.59 Å². The second kappa shape index (κ2) is 4.79. The van der Waals surface area contributed by atoms with E-state index >= 15 is 0 Å². The number of carboxylic acids is 1. The van der Waals surface area contributed by atoms with Gasteiger partial charge in [0.1, 0.15) is 15.4 Å². The van der Waals surface area contributed by atoms with E-state index in [1.54, 1.807) is 10.6 Å². The van der Waals surface area contributed by atoms with Crippen LogP contribution in [0.3, 0.4) is 0 Å². The number of rotatable bonds is 4. The Morgan fingerprint density at radius 2 is 2.33 bits per heavy atom. The Labute approximate surface area is 106 Å². The fourth-order valence-electron chi connectivity index (χ4n) is 1.71. The van der Waals surface area contributed by atoms with Gasteiger partial charge >= 0.3 is 5.97 Å². The maximum absolute atomic E-state index is 12.0. The van der Waals surface area contributed by atoms with Gasteiger partial charge in [-0.05, 0) is 13.0 Å². The van der Waals surface area contributed by atoms with E-state index in [2.05, 4.69) is 5.48 Å². The SMILES string of the molecule is CCn1cc(C(=O)O)c(=O)c2cc(NOC)sc21. The van der Waals surface area contributed by atoms with Crippen molar-refractivity contribution in [1.29, 1.82) is 0 Å². The Hall–Kier alpha value is -1.86. The van der Waals surface area contributed by atoms with Crippen molar-refractivity contribution in [3.8, 4) is 0 Å². The third-order valence-corrected chi connectivity index (χ3v) is 3.59. The number of aromatic carboxylic acids is 1. The van der Waals surface area contributed by atoms with E-state index in [-0.39, 0.29) is 5.56 Å². The lowest BCUT2D eigenvalue weighted by atomic mass is 10.2. The summed E-state index contributed by atoms with van der Waals surface area (Å²) in [6, 6.07) is 1.60. The Morgan fingerprint density at radius 1 is 1.61 bits per heavy atom. The van der Waals surface area contributed by atoms with Gasteiger partial charge in [0.25, 0.3) is 0 Å². The van der Waals surface area contributed by atoms with Gasteiger partial charge in [0.15, 0.2) is 0 Å². The van der Waals surface area contributed by atoms with Gasteiger partial charge in [-0.3, -0.25) is 15.1 Å². The molecule has 0 saturated heterocycles. The Bertz CT molecular complexity index is 659. The molecule has 0 atom stereocenters. The highest BCUT2D eigenvalue weighted by molar-refractivity contribution is 7.22. The number of carbonyl (C=O) groups is 1. The Balaban J connectivity index is 2.77. The molecular weight excluding hydrogens is 256 g/mol. The first-order chi connectivity index (χ1) is 8.58. The largest absolute Gasteiger partial charge is 0.477 e. The molecular formula is C11H12N2O4S. The molecule has 2 heterocycles. The van der Waals surface area contributed by atoms with Crippen LogP contribution in [0.4, 0.5) is 5.00 Å². The minimum absolute atomic E-state index is 0.217. The van der Waals surface area contributed by atoms with Crippen LogP contribution in [0, 0.1) is 0 Å². The van der Waals surface area contributed by atoms with Crippen molar-refractivity contribution in [1.82, 2.24) is 4.57 Å². The number of anilines is 1. The number of pyridine rings is 1. The minimum atomic E-state index is -1.21. The average molecular weight is 268 g/mol. The van der Waals surface area contributed by atoms with Crippen molar-refractivity contribution >= 4 is 32.5 Å². The van der Waals surface area contributed by atoms with E-state index in [1.165, 1.54) is 24.6 Å². The van der Waals surface area contributed by atoms with Gasteiger partial charge < -0.3 is 9.67 Å². The summed E-state index contributed by atoms with van der Waals surface area (Å²) in [7, 11) is 1.47. The molecule has 2 aromatic rings. The third-order valence-electron chi connectivity index (χ3n) is 2.52. The zero-order valence-corrected chi connectivity index (χ0v) is 10.7. The van der Waals surface area contributed by atoms with Gasteiger partial charge in [-0.25, -0.2) is 4.79 Å². The van der Waals surface area contributed by atoms with Gasteiger partial charge in [0, 0.05) is 12.7 Å². The first-order valence-corrected chi connectivity index (χ1v) is 6.09. The Kier molecular flexibility index (Phi) is 3.35. The number of hydrogen-bond donors (Lipinski definition) is 2. The summed E-state index contributed by atoms with van der Waals surface area (Å²) in [5, 5.41) is 10.1. The summed E-state index contributed by atoms with van der Waals surface area (Å²) < 4.78 is 1.74. The zero-order valence-electron chi connectivity index (χ0n) is 9.89. The number of aromatic nitrogens is 1. The summed E-state index contributed by atoms with van der Waals surface area (Å²) >= 11 is 1.34. The quantitative estimate of drug-likeness (QED) is 0.826. The summed E-state index contributed by atoms with van der Waals surface area (Å²) in [6.45, 7) is 2.47. The van der Waals surface area contributed by atoms with Crippen LogP contribution in [0.5, 0.6) is 0 Å². The van der Waals surface area contributed by atoms with Crippen LogP contribution in [0.15, 0.2) is 17.1 Å². The van der Waals surface area contributed by atoms with Crippen LogP contribution in [0.2, 0.25) is 0 Å². The number of hydrogen-bond acceptors (Lipinski definition) is 5. The highest BCUT2D eigenvalue weighted by atomic mass is 32.1. The Morgan fingerprint density at radius 3 is 2.89 bits per heavy atom. The number of thiophene rings is 1. The maximum atomic E-state index is 12.0. The number of carboxylic acid groups (broad SMARTS) is 1. The van der Waals surface area contributed by atoms with Crippen LogP contribution >= 0.6 is 11.3 Å². The summed E-state index contributed by atoms with van der Waals surface area (Å²) in [4.78, 5) is 28.5. The average Bonchev–Trinajstić information content (AvgIpc) is 2.74. The topological polar surface area (TPSA) is 80.6 Å². The van der Waals surface area contributed by atoms with Gasteiger partial charge in [0.05, 0.1) is 12.5 Å². The molecule has 0 fully saturated rings. The lowest BCUT2D eigenvalue weighted by Crippen LogP contribution is -2.17. The second-order valence-electron chi connectivity index (χ2n) is 3.60. The standard InChI is InChI=1S/C11H12N2O4S/c1-3-13-5-7(11(15)16)9(14)6-4-8(12-17-2)18-10(6)13/h4-5,12H,3H2,1-2H3,(H,15,16). The maximum Gasteiger partial charge on any atom is 0.341 e. The van der Waals surface area contributed by atoms with Crippen molar-refractivity contribution in [2.24, 2.45) is 0 Å². The number of aryl methyl sites for hydroxylation is 1. The van der Waals surface area contributed by atoms with Gasteiger partial charge in [-0.1, -0.05) is 11.3 Å². The van der Waals surface area contributed by atoms with Crippen molar-refractivity contribution < 1.29 is 14.7 Å². The van der Waals surface area contributed by atoms with Crippen LogP contribution in [0.1, 0.15) is 17.3 Å². The molecule has 0 unspecified atom stereocenters. The monoisotopic (exact) mass is 268 g/mol. The van der Waals surface area contributed by atoms with Gasteiger partial charge in [-0.2, -0.15) is 0 Å². The van der Waals surface area contributed by atoms with E-state index in [4.69, 9.17) is 9.94 Å². The minimum Gasteiger partial charge on any atom is -0.477 e. The molecule has 7 heteroatoms. The smallest absolute Gasteiger partial charge is 0.341 e. The normalized spacial score (nSPS) is 10.8. The molecule has 0 aromatic carbocycles. The summed E-state index contributed by atoms with van der Waals surface area (Å²) in [5.74, 6) is -1.21. The van der Waals surface area contributed by atoms with Crippen LogP contribution in [0.25, 0.3) is 10.2 Å². The van der Waals surface area contributed by atoms with Gasteiger partial charge in [0.2, 0.25) is 5.43 Å². The van der Waals surface area contributed by atoms with Gasteiger partial charge in [-0.15, -0.1) is 0 Å². The second-order valence-corrected chi connectivity index (χ2v) is 4.63. The highest BCUT2D eigenvalue weighted by Crippen LogP contribution is 2.28. The molecule has 6 nitrogen and oxygen atoms in total. The van der Waals surface area contributed by atoms with E-state index in [1.807, 2.05) is 6.92 Å². The molecule has 0 spiro atoms. The van der Waals surface area contributed by atoms with Crippen molar-refractivity contribution in [2.45, 2.75) is 13.5 Å². The molecule has 0 aliphatic rings. The molecule has 96 valence electrons. The van der Waals surface area contributed by atoms with Crippen LogP contribution in [-0.2, 0) is 11.4 Å². The van der Waals surface area contributed by atoms with E-state index in [0.29, 0.717) is 16.9 Å². The first kappa shape index (κ1) is 12.6. The molecule has 18 heavy (non-hydrogen) atoms. The summed E-state index contributed by atoms with van der Waals surface area (Å²) in [6.07, 6.45) is 1.38. The molecule has 0 aliphatic carbocycles. The molecule has 0 amide bonds. The molecule has 0 aliphatic heterocycles. The lowest BCUT2D eigenvalue weighted by molar-refractivity contribution is 0.0695. The number of nitrogens with one attached hydrogen (secondary N) is 1. The molecule has 2 aromatic heterocycles. The fourth-order valence-corrected chi connectivity index (χ4v) is 2.78. The van der Waals surface area contributed by atoms with E-state index < -0.39 is 11.4 Å². The van der Waals surface area contributed by atoms with Crippen molar-refractivity contribution in [3.63, 3.8) is 0 Å². The third kappa shape index (κ3) is 1.98. The van der Waals surface area contributed by atoms with Crippen LogP contribution in [-0.4, -0.2) is 22.8 Å². The summed E-state index contributed by atoms with van der Waals surface area (Å²) in [5.41, 5.74) is 1.96.